The summed E-state index contributed by atoms with van der Waals surface area (Å²) in [6, 6.07) is 5.48. The fraction of sp³-hybridized carbons (Fsp3) is 0.474. The van der Waals surface area contributed by atoms with Gasteiger partial charge >= 0.3 is 5.97 Å². The Morgan fingerprint density at radius 3 is 2.50 bits per heavy atom. The molecular weight excluding hydrogens is 420 g/mol. The molecule has 1 N–H and O–H groups in total. The maximum atomic E-state index is 12.7. The molecule has 0 radical (unpaired) electrons. The highest BCUT2D eigenvalue weighted by molar-refractivity contribution is 8.76. The standard InChI is InChI=1S/C19H22O6S3/c1-10(19(22)25-16-9-27-26-8-13(16)21)4-12(20)18-6-11-5-14(23-2)15(24-3)7-17(11)28-18/h5-7,10,13,16,21H,4,8-9H2,1-3H3/t10?,13-,16+/m1/s1. The van der Waals surface area contributed by atoms with Crippen molar-refractivity contribution in [2.45, 2.75) is 25.6 Å². The summed E-state index contributed by atoms with van der Waals surface area (Å²) in [6.07, 6.45) is -1.11. The lowest BCUT2D eigenvalue weighted by atomic mass is 10.0. The number of fused-ring (bicyclic) bond motifs is 1. The number of ketones is 1. The third-order valence-electron chi connectivity index (χ3n) is 4.44. The smallest absolute Gasteiger partial charge is 0.309 e. The molecule has 2 aromatic rings. The first-order chi connectivity index (χ1) is 13.4. The van der Waals surface area contributed by atoms with Gasteiger partial charge in [-0.05, 0) is 17.5 Å². The van der Waals surface area contributed by atoms with Gasteiger partial charge in [0.15, 0.2) is 17.3 Å². The number of hydrogen-bond acceptors (Lipinski definition) is 9. The van der Waals surface area contributed by atoms with Gasteiger partial charge in [0.2, 0.25) is 0 Å². The number of carbonyl (C=O) groups excluding carboxylic acids is 2. The molecule has 3 rings (SSSR count). The topological polar surface area (TPSA) is 82.1 Å². The van der Waals surface area contributed by atoms with E-state index in [4.69, 9.17) is 14.2 Å². The average molecular weight is 443 g/mol. The molecule has 0 saturated carbocycles. The SMILES string of the molecule is COc1cc2cc(C(=O)CC(C)C(=O)O[C@H]3CSSC[C@H]3O)sc2cc1OC. The first-order valence-electron chi connectivity index (χ1n) is 8.74. The van der Waals surface area contributed by atoms with Crippen molar-refractivity contribution in [2.75, 3.05) is 25.7 Å². The minimum absolute atomic E-state index is 0.0602. The van der Waals surface area contributed by atoms with E-state index < -0.39 is 24.1 Å². The molecule has 152 valence electrons. The van der Waals surface area contributed by atoms with Crippen LogP contribution in [0.15, 0.2) is 18.2 Å². The van der Waals surface area contributed by atoms with Crippen molar-refractivity contribution in [3.8, 4) is 11.5 Å². The molecule has 1 aromatic carbocycles. The first kappa shape index (κ1) is 21.3. The van der Waals surface area contributed by atoms with E-state index in [2.05, 4.69) is 0 Å². The molecule has 1 aliphatic rings. The van der Waals surface area contributed by atoms with Gasteiger partial charge in [0.1, 0.15) is 12.2 Å². The zero-order chi connectivity index (χ0) is 20.3. The molecule has 1 unspecified atom stereocenters. The number of rotatable bonds is 7. The molecule has 1 saturated heterocycles. The molecule has 0 aliphatic carbocycles. The second-order valence-electron chi connectivity index (χ2n) is 6.50. The number of carbonyl (C=O) groups is 2. The Labute approximate surface area is 175 Å². The Balaban J connectivity index is 1.67. The number of methoxy groups -OCH3 is 2. The lowest BCUT2D eigenvalue weighted by molar-refractivity contribution is -0.156. The molecule has 28 heavy (non-hydrogen) atoms. The van der Waals surface area contributed by atoms with Crippen LogP contribution in [0.5, 0.6) is 11.5 Å². The van der Waals surface area contributed by atoms with Crippen molar-refractivity contribution in [1.29, 1.82) is 0 Å². The summed E-state index contributed by atoms with van der Waals surface area (Å²) in [5.74, 6) is 1.16. The molecule has 3 atom stereocenters. The van der Waals surface area contributed by atoms with E-state index in [9.17, 15) is 14.7 Å². The number of benzene rings is 1. The molecule has 2 heterocycles. The van der Waals surface area contributed by atoms with Crippen LogP contribution in [0.1, 0.15) is 23.0 Å². The maximum absolute atomic E-state index is 12.7. The molecule has 0 bridgehead atoms. The lowest BCUT2D eigenvalue weighted by Gasteiger charge is -2.27. The van der Waals surface area contributed by atoms with Crippen molar-refractivity contribution in [3.05, 3.63) is 23.1 Å². The van der Waals surface area contributed by atoms with E-state index >= 15 is 0 Å². The van der Waals surface area contributed by atoms with Crippen LogP contribution in [-0.4, -0.2) is 54.8 Å². The minimum atomic E-state index is -0.661. The van der Waals surface area contributed by atoms with Crippen molar-refractivity contribution in [3.63, 3.8) is 0 Å². The maximum Gasteiger partial charge on any atom is 0.309 e. The van der Waals surface area contributed by atoms with E-state index in [0.29, 0.717) is 27.9 Å². The third-order valence-corrected chi connectivity index (χ3v) is 8.01. The van der Waals surface area contributed by atoms with E-state index in [-0.39, 0.29) is 12.2 Å². The van der Waals surface area contributed by atoms with E-state index in [1.165, 1.54) is 11.3 Å². The summed E-state index contributed by atoms with van der Waals surface area (Å²) in [4.78, 5) is 25.6. The molecular formula is C19H22O6S3. The monoisotopic (exact) mass is 442 g/mol. The van der Waals surface area contributed by atoms with E-state index in [1.54, 1.807) is 48.8 Å². The van der Waals surface area contributed by atoms with Crippen molar-refractivity contribution >= 4 is 54.8 Å². The van der Waals surface area contributed by atoms with Crippen LogP contribution >= 0.6 is 32.9 Å². The minimum Gasteiger partial charge on any atom is -0.493 e. The molecule has 0 spiro atoms. The fourth-order valence-corrected chi connectivity index (χ4v) is 6.19. The van der Waals surface area contributed by atoms with Gasteiger partial charge in [0.05, 0.1) is 25.0 Å². The highest BCUT2D eigenvalue weighted by Gasteiger charge is 2.30. The van der Waals surface area contributed by atoms with Gasteiger partial charge in [0, 0.05) is 28.7 Å². The summed E-state index contributed by atoms with van der Waals surface area (Å²) in [6.45, 7) is 1.68. The van der Waals surface area contributed by atoms with Crippen LogP contribution in [0.2, 0.25) is 0 Å². The second-order valence-corrected chi connectivity index (χ2v) is 10.1. The van der Waals surface area contributed by atoms with Gasteiger partial charge in [-0.3, -0.25) is 9.59 Å². The highest BCUT2D eigenvalue weighted by Crippen LogP contribution is 2.37. The van der Waals surface area contributed by atoms with Crippen LogP contribution < -0.4 is 9.47 Å². The molecule has 6 nitrogen and oxygen atoms in total. The number of esters is 1. The van der Waals surface area contributed by atoms with Crippen molar-refractivity contribution in [2.24, 2.45) is 5.92 Å². The number of ether oxygens (including phenoxy) is 3. The Morgan fingerprint density at radius 1 is 1.14 bits per heavy atom. The van der Waals surface area contributed by atoms with E-state index in [1.807, 2.05) is 12.1 Å². The van der Waals surface area contributed by atoms with Gasteiger partial charge in [0.25, 0.3) is 0 Å². The molecule has 1 aliphatic heterocycles. The van der Waals surface area contributed by atoms with Crippen LogP contribution in [0, 0.1) is 5.92 Å². The summed E-state index contributed by atoms with van der Waals surface area (Å²) in [5.41, 5.74) is 0. The molecule has 1 fully saturated rings. The Hall–Kier alpha value is -1.42. The van der Waals surface area contributed by atoms with Gasteiger partial charge in [-0.1, -0.05) is 28.5 Å². The van der Waals surface area contributed by atoms with Crippen LogP contribution in [0.25, 0.3) is 10.1 Å². The summed E-state index contributed by atoms with van der Waals surface area (Å²) < 4.78 is 16.9. The predicted molar refractivity (Wildman–Crippen MR) is 114 cm³/mol. The average Bonchev–Trinajstić information content (AvgIpc) is 3.11. The predicted octanol–water partition coefficient (Wildman–Crippen LogP) is 3.80. The van der Waals surface area contributed by atoms with Crippen LogP contribution in [0.4, 0.5) is 0 Å². The van der Waals surface area contributed by atoms with Crippen LogP contribution in [0.3, 0.4) is 0 Å². The Bertz CT molecular complexity index is 824. The Morgan fingerprint density at radius 2 is 1.82 bits per heavy atom. The summed E-state index contributed by atoms with van der Waals surface area (Å²) in [5, 5.41) is 10.8. The molecule has 1 aromatic heterocycles. The quantitative estimate of drug-likeness (QED) is 0.394. The largest absolute Gasteiger partial charge is 0.493 e. The van der Waals surface area contributed by atoms with Gasteiger partial charge in [-0.25, -0.2) is 0 Å². The second kappa shape index (κ2) is 9.39. The number of Topliss-reactive ketones (excluding diaryl/α,β-unsaturated/α-hetero) is 1. The normalized spacial score (nSPS) is 20.6. The zero-order valence-corrected chi connectivity index (χ0v) is 18.2. The molecule has 0 amide bonds. The van der Waals surface area contributed by atoms with Gasteiger partial charge in [-0.2, -0.15) is 0 Å². The van der Waals surface area contributed by atoms with Crippen molar-refractivity contribution in [1.82, 2.24) is 0 Å². The zero-order valence-electron chi connectivity index (χ0n) is 15.8. The third kappa shape index (κ3) is 4.76. The summed E-state index contributed by atoms with van der Waals surface area (Å²) in [7, 11) is 6.27. The fourth-order valence-electron chi connectivity index (χ4n) is 2.80. The lowest BCUT2D eigenvalue weighted by Crippen LogP contribution is -2.38. The number of hydrogen-bond donors (Lipinski definition) is 1. The number of aliphatic hydroxyl groups is 1. The van der Waals surface area contributed by atoms with Crippen molar-refractivity contribution < 1.29 is 28.9 Å². The molecule has 9 heteroatoms. The number of thiophene rings is 1. The first-order valence-corrected chi connectivity index (χ1v) is 12.0. The van der Waals surface area contributed by atoms with Gasteiger partial charge in [-0.15, -0.1) is 11.3 Å². The van der Waals surface area contributed by atoms with Gasteiger partial charge < -0.3 is 19.3 Å². The summed E-state index contributed by atoms with van der Waals surface area (Å²) >= 11 is 1.36. The Kier molecular flexibility index (Phi) is 7.14. The highest BCUT2D eigenvalue weighted by atomic mass is 33.1. The van der Waals surface area contributed by atoms with Crippen LogP contribution in [-0.2, 0) is 9.53 Å². The number of aliphatic hydroxyl groups excluding tert-OH is 1. The van der Waals surface area contributed by atoms with E-state index in [0.717, 1.165) is 10.1 Å².